The summed E-state index contributed by atoms with van der Waals surface area (Å²) < 4.78 is 6.88. The number of ether oxygens (including phenoxy) is 1. The van der Waals surface area contributed by atoms with Gasteiger partial charge in [0.2, 0.25) is 11.8 Å². The average molecular weight is 440 g/mol. The van der Waals surface area contributed by atoms with Gasteiger partial charge in [-0.3, -0.25) is 9.59 Å². The molecule has 3 aromatic rings. The van der Waals surface area contributed by atoms with Gasteiger partial charge in [-0.15, -0.1) is 10.2 Å². The SMILES string of the molecule is COc1cccc(NC(=O)CSc2nnc(CC(=O)Nc3ccc(C)c(C)c3)n2C)c1. The number of nitrogens with one attached hydrogen (secondary N) is 2. The summed E-state index contributed by atoms with van der Waals surface area (Å²) in [4.78, 5) is 24.6. The summed E-state index contributed by atoms with van der Waals surface area (Å²) in [5, 5.41) is 14.5. The Bertz CT molecular complexity index is 1100. The van der Waals surface area contributed by atoms with E-state index in [1.54, 1.807) is 36.9 Å². The van der Waals surface area contributed by atoms with Crippen LogP contribution >= 0.6 is 11.8 Å². The second-order valence-corrected chi connectivity index (χ2v) is 7.99. The number of hydrogen-bond donors (Lipinski definition) is 2. The molecule has 8 nitrogen and oxygen atoms in total. The summed E-state index contributed by atoms with van der Waals surface area (Å²) in [7, 11) is 3.35. The Balaban J connectivity index is 1.53. The van der Waals surface area contributed by atoms with Crippen molar-refractivity contribution in [3.05, 3.63) is 59.4 Å². The fourth-order valence-electron chi connectivity index (χ4n) is 2.82. The zero-order chi connectivity index (χ0) is 22.4. The predicted molar refractivity (Wildman–Crippen MR) is 122 cm³/mol. The maximum Gasteiger partial charge on any atom is 0.234 e. The lowest BCUT2D eigenvalue weighted by Gasteiger charge is -2.08. The molecule has 0 aliphatic carbocycles. The van der Waals surface area contributed by atoms with Gasteiger partial charge in [-0.1, -0.05) is 23.9 Å². The van der Waals surface area contributed by atoms with Gasteiger partial charge in [0.1, 0.15) is 11.6 Å². The fourth-order valence-corrected chi connectivity index (χ4v) is 3.55. The Kier molecular flexibility index (Phi) is 7.30. The summed E-state index contributed by atoms with van der Waals surface area (Å²) in [5.74, 6) is 1.01. The number of methoxy groups -OCH3 is 1. The van der Waals surface area contributed by atoms with Crippen LogP contribution in [0, 0.1) is 13.8 Å². The molecule has 2 N–H and O–H groups in total. The highest BCUT2D eigenvalue weighted by molar-refractivity contribution is 7.99. The number of hydrogen-bond acceptors (Lipinski definition) is 6. The monoisotopic (exact) mass is 439 g/mol. The normalized spacial score (nSPS) is 10.6. The standard InChI is InChI=1S/C22H25N5O3S/c1-14-8-9-17(10-15(14)2)23-20(28)12-19-25-26-22(27(19)3)31-13-21(29)24-16-6-5-7-18(11-16)30-4/h5-11H,12-13H2,1-4H3,(H,23,28)(H,24,29). The molecule has 3 rings (SSSR count). The van der Waals surface area contributed by atoms with Gasteiger partial charge >= 0.3 is 0 Å². The quantitative estimate of drug-likeness (QED) is 0.523. The summed E-state index contributed by atoms with van der Waals surface area (Å²) in [6, 6.07) is 12.9. The van der Waals surface area contributed by atoms with Gasteiger partial charge in [0.05, 0.1) is 19.3 Å². The molecule has 2 aromatic carbocycles. The van der Waals surface area contributed by atoms with Gasteiger partial charge in [-0.05, 0) is 49.2 Å². The van der Waals surface area contributed by atoms with Crippen LogP contribution in [0.3, 0.4) is 0 Å². The Morgan fingerprint density at radius 2 is 1.74 bits per heavy atom. The highest BCUT2D eigenvalue weighted by atomic mass is 32.2. The Morgan fingerprint density at radius 1 is 1.00 bits per heavy atom. The van der Waals surface area contributed by atoms with E-state index in [2.05, 4.69) is 20.8 Å². The van der Waals surface area contributed by atoms with Crippen molar-refractivity contribution in [1.29, 1.82) is 0 Å². The van der Waals surface area contributed by atoms with Crippen molar-refractivity contribution in [3.63, 3.8) is 0 Å². The van der Waals surface area contributed by atoms with Gasteiger partial charge in [0.15, 0.2) is 5.16 Å². The van der Waals surface area contributed by atoms with Crippen LogP contribution in [0.1, 0.15) is 17.0 Å². The Hall–Kier alpha value is -3.33. The van der Waals surface area contributed by atoms with E-state index in [1.807, 2.05) is 38.1 Å². The smallest absolute Gasteiger partial charge is 0.234 e. The highest BCUT2D eigenvalue weighted by Gasteiger charge is 2.15. The lowest BCUT2D eigenvalue weighted by Crippen LogP contribution is -2.17. The van der Waals surface area contributed by atoms with Crippen molar-refractivity contribution >= 4 is 35.0 Å². The molecule has 0 bridgehead atoms. The lowest BCUT2D eigenvalue weighted by molar-refractivity contribution is -0.116. The maximum absolute atomic E-state index is 12.4. The molecule has 0 aliphatic rings. The van der Waals surface area contributed by atoms with Crippen molar-refractivity contribution in [3.8, 4) is 5.75 Å². The molecule has 0 atom stereocenters. The molecule has 0 aliphatic heterocycles. The summed E-state index contributed by atoms with van der Waals surface area (Å²) in [6.45, 7) is 4.03. The summed E-state index contributed by atoms with van der Waals surface area (Å²) in [5.41, 5.74) is 3.69. The third-order valence-electron chi connectivity index (χ3n) is 4.72. The number of nitrogens with zero attached hydrogens (tertiary/aromatic N) is 3. The first-order valence-corrected chi connectivity index (χ1v) is 10.7. The van der Waals surface area contributed by atoms with Crippen molar-refractivity contribution in [2.75, 3.05) is 23.5 Å². The molecule has 0 saturated carbocycles. The molecule has 1 heterocycles. The van der Waals surface area contributed by atoms with E-state index in [0.29, 0.717) is 22.4 Å². The molecular weight excluding hydrogens is 414 g/mol. The molecule has 0 saturated heterocycles. The second kappa shape index (κ2) is 10.1. The fraction of sp³-hybridized carbons (Fsp3) is 0.273. The Morgan fingerprint density at radius 3 is 2.48 bits per heavy atom. The van der Waals surface area contributed by atoms with Gasteiger partial charge in [0.25, 0.3) is 0 Å². The van der Waals surface area contributed by atoms with E-state index in [1.165, 1.54) is 17.3 Å². The van der Waals surface area contributed by atoms with Crippen molar-refractivity contribution in [1.82, 2.24) is 14.8 Å². The van der Waals surface area contributed by atoms with Crippen LogP contribution in [0.4, 0.5) is 11.4 Å². The summed E-state index contributed by atoms with van der Waals surface area (Å²) in [6.07, 6.45) is 0.0903. The number of aromatic nitrogens is 3. The zero-order valence-electron chi connectivity index (χ0n) is 17.9. The third kappa shape index (κ3) is 6.08. The van der Waals surface area contributed by atoms with Crippen LogP contribution in [0.2, 0.25) is 0 Å². The lowest BCUT2D eigenvalue weighted by atomic mass is 10.1. The minimum Gasteiger partial charge on any atom is -0.497 e. The first kappa shape index (κ1) is 22.4. The summed E-state index contributed by atoms with van der Waals surface area (Å²) >= 11 is 1.25. The van der Waals surface area contributed by atoms with Crippen molar-refractivity contribution in [2.45, 2.75) is 25.4 Å². The zero-order valence-corrected chi connectivity index (χ0v) is 18.7. The van der Waals surface area contributed by atoms with Crippen LogP contribution in [0.25, 0.3) is 0 Å². The van der Waals surface area contributed by atoms with Gasteiger partial charge in [-0.25, -0.2) is 0 Å². The number of rotatable bonds is 8. The molecule has 1 aromatic heterocycles. The van der Waals surface area contributed by atoms with E-state index < -0.39 is 0 Å². The van der Waals surface area contributed by atoms with E-state index in [9.17, 15) is 9.59 Å². The van der Waals surface area contributed by atoms with Crippen LogP contribution < -0.4 is 15.4 Å². The Labute approximate surface area is 185 Å². The van der Waals surface area contributed by atoms with E-state index in [0.717, 1.165) is 11.3 Å². The van der Waals surface area contributed by atoms with Gasteiger partial charge in [-0.2, -0.15) is 0 Å². The van der Waals surface area contributed by atoms with Crippen LogP contribution in [0.5, 0.6) is 5.75 Å². The number of aryl methyl sites for hydroxylation is 2. The number of anilines is 2. The van der Waals surface area contributed by atoms with E-state index in [4.69, 9.17) is 4.74 Å². The second-order valence-electron chi connectivity index (χ2n) is 7.05. The maximum atomic E-state index is 12.4. The molecule has 31 heavy (non-hydrogen) atoms. The van der Waals surface area contributed by atoms with Gasteiger partial charge < -0.3 is 19.9 Å². The molecule has 2 amide bonds. The number of carbonyl (C=O) groups excluding carboxylic acids is 2. The van der Waals surface area contributed by atoms with Crippen molar-refractivity contribution in [2.24, 2.45) is 7.05 Å². The van der Waals surface area contributed by atoms with Gasteiger partial charge in [0, 0.05) is 24.5 Å². The number of thioether (sulfide) groups is 1. The average Bonchev–Trinajstić information content (AvgIpc) is 3.08. The number of amides is 2. The first-order valence-electron chi connectivity index (χ1n) is 9.68. The van der Waals surface area contributed by atoms with Crippen LogP contribution in [0.15, 0.2) is 47.6 Å². The molecule has 9 heteroatoms. The number of benzene rings is 2. The first-order chi connectivity index (χ1) is 14.9. The van der Waals surface area contributed by atoms with Crippen LogP contribution in [-0.2, 0) is 23.1 Å². The minimum atomic E-state index is -0.175. The molecule has 0 spiro atoms. The topological polar surface area (TPSA) is 98.1 Å². The molecule has 162 valence electrons. The molecule has 0 radical (unpaired) electrons. The molecular formula is C22H25N5O3S. The van der Waals surface area contributed by atoms with Crippen molar-refractivity contribution < 1.29 is 14.3 Å². The largest absolute Gasteiger partial charge is 0.497 e. The number of carbonyl (C=O) groups is 2. The molecule has 0 fully saturated rings. The van der Waals surface area contributed by atoms with Crippen LogP contribution in [-0.4, -0.2) is 39.4 Å². The highest BCUT2D eigenvalue weighted by Crippen LogP contribution is 2.20. The molecule has 0 unspecified atom stereocenters. The van der Waals surface area contributed by atoms with E-state index in [-0.39, 0.29) is 24.0 Å². The third-order valence-corrected chi connectivity index (χ3v) is 5.74. The van der Waals surface area contributed by atoms with E-state index >= 15 is 0 Å². The minimum absolute atomic E-state index is 0.0903. The predicted octanol–water partition coefficient (Wildman–Crippen LogP) is 3.35.